The average molecular weight is 310 g/mol. The molecule has 0 aliphatic carbocycles. The van der Waals surface area contributed by atoms with Crippen molar-refractivity contribution >= 4 is 15.8 Å². The second kappa shape index (κ2) is 6.25. The molecule has 21 heavy (non-hydrogen) atoms. The summed E-state index contributed by atoms with van der Waals surface area (Å²) in [7, 11) is -3.47. The third-order valence-corrected chi connectivity index (χ3v) is 5.91. The fourth-order valence-corrected chi connectivity index (χ4v) is 4.17. The van der Waals surface area contributed by atoms with E-state index in [0.717, 1.165) is 13.1 Å². The lowest BCUT2D eigenvalue weighted by atomic mass is 10.2. The molecule has 0 N–H and O–H groups in total. The van der Waals surface area contributed by atoms with Gasteiger partial charge in [-0.2, -0.15) is 4.31 Å². The highest BCUT2D eigenvalue weighted by Gasteiger charge is 2.31. The van der Waals surface area contributed by atoms with Crippen LogP contribution in [0.2, 0.25) is 0 Å². The Bertz CT molecular complexity index is 610. The zero-order valence-corrected chi connectivity index (χ0v) is 13.6. The van der Waals surface area contributed by atoms with Gasteiger partial charge in [-0.3, -0.25) is 9.69 Å². The molecule has 2 rings (SSSR count). The van der Waals surface area contributed by atoms with Crippen molar-refractivity contribution in [1.29, 1.82) is 0 Å². The number of nitrogens with zero attached hydrogens (tertiary/aromatic N) is 2. The first kappa shape index (κ1) is 16.1. The van der Waals surface area contributed by atoms with Crippen molar-refractivity contribution in [2.45, 2.75) is 31.7 Å². The van der Waals surface area contributed by atoms with E-state index in [1.54, 1.807) is 12.1 Å². The van der Waals surface area contributed by atoms with E-state index in [4.69, 9.17) is 0 Å². The number of carbonyl (C=O) groups excluding carboxylic acids is 1. The molecule has 1 saturated heterocycles. The van der Waals surface area contributed by atoms with Crippen LogP contribution < -0.4 is 0 Å². The first-order valence-corrected chi connectivity index (χ1v) is 8.65. The van der Waals surface area contributed by atoms with Crippen LogP contribution in [-0.2, 0) is 10.0 Å². The number of hydrogen-bond donors (Lipinski definition) is 0. The summed E-state index contributed by atoms with van der Waals surface area (Å²) in [4.78, 5) is 13.8. The van der Waals surface area contributed by atoms with E-state index in [2.05, 4.69) is 11.8 Å². The Hall–Kier alpha value is -1.24. The Balaban J connectivity index is 2.20. The second-order valence-electron chi connectivity index (χ2n) is 5.42. The van der Waals surface area contributed by atoms with Crippen LogP contribution in [0.25, 0.3) is 0 Å². The third kappa shape index (κ3) is 3.33. The number of rotatable bonds is 4. The molecule has 1 aromatic rings. The van der Waals surface area contributed by atoms with E-state index in [9.17, 15) is 13.2 Å². The zero-order chi connectivity index (χ0) is 15.6. The van der Waals surface area contributed by atoms with Gasteiger partial charge in [-0.25, -0.2) is 8.42 Å². The van der Waals surface area contributed by atoms with Crippen molar-refractivity contribution in [2.75, 3.05) is 26.2 Å². The van der Waals surface area contributed by atoms with Gasteiger partial charge in [0.05, 0.1) is 4.90 Å². The van der Waals surface area contributed by atoms with Crippen LogP contribution in [-0.4, -0.2) is 55.6 Å². The number of piperazine rings is 1. The van der Waals surface area contributed by atoms with E-state index in [1.807, 2.05) is 6.92 Å². The van der Waals surface area contributed by atoms with Crippen LogP contribution in [0.5, 0.6) is 0 Å². The molecule has 5 nitrogen and oxygen atoms in total. The molecule has 116 valence electrons. The summed E-state index contributed by atoms with van der Waals surface area (Å²) in [5.74, 6) is -0.0656. The maximum atomic E-state index is 12.6. The molecular weight excluding hydrogens is 288 g/mol. The first-order valence-electron chi connectivity index (χ1n) is 7.21. The summed E-state index contributed by atoms with van der Waals surface area (Å²) in [6.45, 7) is 8.30. The van der Waals surface area contributed by atoms with Gasteiger partial charge in [0.25, 0.3) is 0 Å². The zero-order valence-electron chi connectivity index (χ0n) is 12.7. The van der Waals surface area contributed by atoms with Gasteiger partial charge >= 0.3 is 0 Å². The van der Waals surface area contributed by atoms with E-state index < -0.39 is 10.0 Å². The molecule has 6 heteroatoms. The molecule has 0 aromatic heterocycles. The summed E-state index contributed by atoms with van der Waals surface area (Å²) in [5.41, 5.74) is 0.526. The molecule has 0 radical (unpaired) electrons. The van der Waals surface area contributed by atoms with Crippen LogP contribution in [0.15, 0.2) is 29.2 Å². The minimum Gasteiger partial charge on any atom is -0.298 e. The number of carbonyl (C=O) groups is 1. The van der Waals surface area contributed by atoms with Crippen LogP contribution in [0.1, 0.15) is 31.1 Å². The Morgan fingerprint density at radius 2 is 1.86 bits per heavy atom. The Kier molecular flexibility index (Phi) is 4.81. The van der Waals surface area contributed by atoms with Gasteiger partial charge in [-0.05, 0) is 32.5 Å². The fourth-order valence-electron chi connectivity index (χ4n) is 2.66. The molecule has 1 atom stereocenters. The monoisotopic (exact) mass is 310 g/mol. The molecule has 1 unspecified atom stereocenters. The molecule has 0 saturated carbocycles. The molecule has 1 heterocycles. The lowest BCUT2D eigenvalue weighted by Gasteiger charge is -2.38. The van der Waals surface area contributed by atoms with Crippen molar-refractivity contribution in [1.82, 2.24) is 9.21 Å². The number of ketones is 1. The summed E-state index contributed by atoms with van der Waals surface area (Å²) < 4.78 is 26.8. The minimum absolute atomic E-state index is 0.0656. The smallest absolute Gasteiger partial charge is 0.243 e. The molecule has 1 aliphatic rings. The standard InChI is InChI=1S/C15H22N2O3S/c1-4-16-9-10-17(11-12(16)2)21(19,20)15-7-5-14(6-8-15)13(3)18/h5-8,12H,4,9-11H2,1-3H3. The average Bonchev–Trinajstić information content (AvgIpc) is 2.47. The number of sulfonamides is 1. The summed E-state index contributed by atoms with van der Waals surface area (Å²) >= 11 is 0. The highest BCUT2D eigenvalue weighted by Crippen LogP contribution is 2.20. The van der Waals surface area contributed by atoms with Gasteiger partial charge in [0.15, 0.2) is 5.78 Å². The third-order valence-electron chi connectivity index (χ3n) is 4.03. The predicted molar refractivity (Wildman–Crippen MR) is 81.9 cm³/mol. The Morgan fingerprint density at radius 1 is 1.24 bits per heavy atom. The van der Waals surface area contributed by atoms with Gasteiger partial charge in [0.2, 0.25) is 10.0 Å². The molecule has 0 spiro atoms. The summed E-state index contributed by atoms with van der Waals surface area (Å²) in [6.07, 6.45) is 0. The summed E-state index contributed by atoms with van der Waals surface area (Å²) in [5, 5.41) is 0. The Labute approximate surface area is 126 Å². The van der Waals surface area contributed by atoms with Gasteiger partial charge in [0.1, 0.15) is 0 Å². The number of benzene rings is 1. The largest absolute Gasteiger partial charge is 0.298 e. The maximum Gasteiger partial charge on any atom is 0.243 e. The topological polar surface area (TPSA) is 57.7 Å². The molecular formula is C15H22N2O3S. The second-order valence-corrected chi connectivity index (χ2v) is 7.36. The molecule has 1 aliphatic heterocycles. The van der Waals surface area contributed by atoms with Crippen molar-refractivity contribution in [3.8, 4) is 0 Å². The van der Waals surface area contributed by atoms with Gasteiger partial charge in [0, 0.05) is 31.2 Å². The molecule has 1 fully saturated rings. The quantitative estimate of drug-likeness (QED) is 0.793. The van der Waals surface area contributed by atoms with Crippen molar-refractivity contribution in [3.63, 3.8) is 0 Å². The predicted octanol–water partition coefficient (Wildman–Crippen LogP) is 1.60. The Morgan fingerprint density at radius 3 is 2.33 bits per heavy atom. The number of likely N-dealkylation sites (N-methyl/N-ethyl adjacent to an activating group) is 1. The van der Waals surface area contributed by atoms with E-state index in [-0.39, 0.29) is 16.7 Å². The maximum absolute atomic E-state index is 12.6. The van der Waals surface area contributed by atoms with Crippen molar-refractivity contribution in [3.05, 3.63) is 29.8 Å². The first-order chi connectivity index (χ1) is 9.86. The van der Waals surface area contributed by atoms with Crippen LogP contribution in [0, 0.1) is 0 Å². The lowest BCUT2D eigenvalue weighted by Crippen LogP contribution is -2.53. The van der Waals surface area contributed by atoms with E-state index >= 15 is 0 Å². The minimum atomic E-state index is -3.47. The number of Topliss-reactive ketones (excluding diaryl/α,β-unsaturated/α-hetero) is 1. The van der Waals surface area contributed by atoms with E-state index in [0.29, 0.717) is 18.7 Å². The number of hydrogen-bond acceptors (Lipinski definition) is 4. The van der Waals surface area contributed by atoms with Crippen molar-refractivity contribution in [2.24, 2.45) is 0 Å². The highest BCUT2D eigenvalue weighted by molar-refractivity contribution is 7.89. The van der Waals surface area contributed by atoms with Crippen LogP contribution in [0.3, 0.4) is 0 Å². The lowest BCUT2D eigenvalue weighted by molar-refractivity contribution is 0.101. The van der Waals surface area contributed by atoms with Crippen LogP contribution >= 0.6 is 0 Å². The van der Waals surface area contributed by atoms with Gasteiger partial charge in [-0.15, -0.1) is 0 Å². The SMILES string of the molecule is CCN1CCN(S(=O)(=O)c2ccc(C(C)=O)cc2)CC1C. The van der Waals surface area contributed by atoms with Gasteiger partial charge < -0.3 is 0 Å². The summed E-state index contributed by atoms with van der Waals surface area (Å²) in [6, 6.07) is 6.39. The molecule has 1 aromatic carbocycles. The van der Waals surface area contributed by atoms with Gasteiger partial charge in [-0.1, -0.05) is 19.1 Å². The van der Waals surface area contributed by atoms with E-state index in [1.165, 1.54) is 23.4 Å². The van der Waals surface area contributed by atoms with Crippen LogP contribution in [0.4, 0.5) is 0 Å². The molecule has 0 amide bonds. The molecule has 0 bridgehead atoms. The normalized spacial score (nSPS) is 21.4. The highest BCUT2D eigenvalue weighted by atomic mass is 32.2. The van der Waals surface area contributed by atoms with Crippen molar-refractivity contribution < 1.29 is 13.2 Å². The fraction of sp³-hybridized carbons (Fsp3) is 0.533.